The fourth-order valence-corrected chi connectivity index (χ4v) is 0.655. The third kappa shape index (κ3) is 1.53. The Hall–Kier alpha value is -0.840. The van der Waals surface area contributed by atoms with Crippen molar-refractivity contribution >= 4 is 22.0 Å². The van der Waals surface area contributed by atoms with Crippen molar-refractivity contribution in [3.8, 4) is 0 Å². The Morgan fingerprint density at radius 1 is 1.78 bits per heavy atom. The van der Waals surface area contributed by atoms with Gasteiger partial charge in [0.2, 0.25) is 0 Å². The maximum Gasteiger partial charge on any atom is 0.346 e. The van der Waals surface area contributed by atoms with E-state index in [2.05, 4.69) is 30.5 Å². The molecule has 1 aromatic rings. The summed E-state index contributed by atoms with van der Waals surface area (Å²) in [4.78, 5) is 16.3. The molecule has 0 spiro atoms. The van der Waals surface area contributed by atoms with Crippen LogP contribution in [0.3, 0.4) is 0 Å². The zero-order valence-corrected chi connectivity index (χ0v) is 5.97. The van der Waals surface area contributed by atoms with Gasteiger partial charge in [0.05, 0.1) is 0 Å². The highest BCUT2D eigenvalue weighted by molar-refractivity contribution is 9.10. The molecule has 0 aliphatic carbocycles. The van der Waals surface area contributed by atoms with Gasteiger partial charge in [-0.15, -0.1) is 0 Å². The fraction of sp³-hybridized carbons (Fsp3) is 0. The van der Waals surface area contributed by atoms with Crippen molar-refractivity contribution in [3.63, 3.8) is 0 Å². The quantitative estimate of drug-likeness (QED) is 0.633. The number of hydrogen-bond donors (Lipinski definition) is 2. The number of halogens is 1. The monoisotopic (exact) mass is 189 g/mol. The number of anilines is 1. The van der Waals surface area contributed by atoms with Gasteiger partial charge < -0.3 is 4.34 Å². The van der Waals surface area contributed by atoms with Gasteiger partial charge in [-0.3, -0.25) is 4.98 Å². The standard InChI is InChI=1S/C4H4BrN3O/c5-8-3-1-2-6-4(9)7-3/h1-2H,(H2,6,7,8,9). The molecule has 0 fully saturated rings. The van der Waals surface area contributed by atoms with Crippen molar-refractivity contribution in [2.24, 2.45) is 0 Å². The number of nitrogens with one attached hydrogen (secondary N) is 2. The number of nitrogens with zero attached hydrogens (tertiary/aromatic N) is 1. The SMILES string of the molecule is O=c1nccc(NBr)[nH]1. The first kappa shape index (κ1) is 6.28. The van der Waals surface area contributed by atoms with Crippen LogP contribution < -0.4 is 10.0 Å². The van der Waals surface area contributed by atoms with E-state index in [1.807, 2.05) is 0 Å². The van der Waals surface area contributed by atoms with Crippen LogP contribution in [-0.4, -0.2) is 9.97 Å². The molecule has 0 unspecified atom stereocenters. The van der Waals surface area contributed by atoms with E-state index in [4.69, 9.17) is 0 Å². The highest BCUT2D eigenvalue weighted by atomic mass is 79.9. The topological polar surface area (TPSA) is 57.8 Å². The van der Waals surface area contributed by atoms with Gasteiger partial charge in [0.15, 0.2) is 0 Å². The lowest BCUT2D eigenvalue weighted by atomic mass is 10.6. The molecular weight excluding hydrogens is 186 g/mol. The summed E-state index contributed by atoms with van der Waals surface area (Å²) in [5, 5.41) is 0. The van der Waals surface area contributed by atoms with Gasteiger partial charge in [-0.25, -0.2) is 9.78 Å². The fourth-order valence-electron chi connectivity index (χ4n) is 0.424. The molecule has 0 aromatic carbocycles. The summed E-state index contributed by atoms with van der Waals surface area (Å²) in [6.45, 7) is 0. The summed E-state index contributed by atoms with van der Waals surface area (Å²) in [7, 11) is 0. The third-order valence-corrected chi connectivity index (χ3v) is 1.20. The first-order valence-electron chi connectivity index (χ1n) is 2.25. The van der Waals surface area contributed by atoms with E-state index < -0.39 is 0 Å². The summed E-state index contributed by atoms with van der Waals surface area (Å²) >= 11 is 2.94. The predicted molar refractivity (Wildman–Crippen MR) is 37.4 cm³/mol. The second kappa shape index (κ2) is 2.63. The summed E-state index contributed by atoms with van der Waals surface area (Å²) in [6.07, 6.45) is 1.42. The lowest BCUT2D eigenvalue weighted by Crippen LogP contribution is -2.09. The Balaban J connectivity index is 3.08. The molecule has 9 heavy (non-hydrogen) atoms. The van der Waals surface area contributed by atoms with E-state index >= 15 is 0 Å². The molecule has 0 amide bonds. The van der Waals surface area contributed by atoms with Crippen molar-refractivity contribution in [2.75, 3.05) is 4.34 Å². The summed E-state index contributed by atoms with van der Waals surface area (Å²) in [5.41, 5.74) is -0.362. The Kier molecular flexibility index (Phi) is 1.84. The molecular formula is C4H4BrN3O. The van der Waals surface area contributed by atoms with E-state index in [1.165, 1.54) is 6.20 Å². The number of rotatable bonds is 1. The molecule has 0 aliphatic rings. The molecule has 0 bridgehead atoms. The van der Waals surface area contributed by atoms with Crippen molar-refractivity contribution < 1.29 is 0 Å². The number of H-pyrrole nitrogens is 1. The molecule has 4 nitrogen and oxygen atoms in total. The first-order chi connectivity index (χ1) is 4.33. The minimum Gasteiger partial charge on any atom is -0.308 e. The van der Waals surface area contributed by atoms with Crippen LogP contribution in [0.2, 0.25) is 0 Å². The van der Waals surface area contributed by atoms with E-state index in [1.54, 1.807) is 6.07 Å². The van der Waals surface area contributed by atoms with Crippen LogP contribution in [0.4, 0.5) is 5.82 Å². The zero-order valence-electron chi connectivity index (χ0n) is 4.39. The van der Waals surface area contributed by atoms with Crippen LogP contribution in [0.1, 0.15) is 0 Å². The molecule has 5 heteroatoms. The highest BCUT2D eigenvalue weighted by Gasteiger charge is 1.85. The Bertz CT molecular complexity index is 246. The molecule has 48 valence electrons. The summed E-state index contributed by atoms with van der Waals surface area (Å²) < 4.78 is 2.58. The second-order valence-electron chi connectivity index (χ2n) is 1.38. The molecule has 0 saturated heterocycles. The van der Waals surface area contributed by atoms with Crippen LogP contribution in [0.15, 0.2) is 17.1 Å². The number of aromatic nitrogens is 2. The largest absolute Gasteiger partial charge is 0.346 e. The molecule has 1 aromatic heterocycles. The van der Waals surface area contributed by atoms with Crippen molar-refractivity contribution in [1.82, 2.24) is 9.97 Å². The number of aromatic amines is 1. The van der Waals surface area contributed by atoms with Gasteiger partial charge >= 0.3 is 5.69 Å². The summed E-state index contributed by atoms with van der Waals surface area (Å²) in [6, 6.07) is 1.64. The zero-order chi connectivity index (χ0) is 6.69. The van der Waals surface area contributed by atoms with E-state index in [-0.39, 0.29) is 5.69 Å². The third-order valence-electron chi connectivity index (χ3n) is 0.776. The van der Waals surface area contributed by atoms with Crippen molar-refractivity contribution in [1.29, 1.82) is 0 Å². The molecule has 0 saturated carbocycles. The smallest absolute Gasteiger partial charge is 0.308 e. The van der Waals surface area contributed by atoms with Crippen molar-refractivity contribution in [3.05, 3.63) is 22.7 Å². The molecule has 2 N–H and O–H groups in total. The van der Waals surface area contributed by atoms with Gasteiger partial charge in [-0.1, -0.05) is 0 Å². The minimum atomic E-state index is -0.362. The van der Waals surface area contributed by atoms with Gasteiger partial charge in [0, 0.05) is 22.3 Å². The lowest BCUT2D eigenvalue weighted by molar-refractivity contribution is 1.09. The van der Waals surface area contributed by atoms with E-state index in [0.29, 0.717) is 5.82 Å². The van der Waals surface area contributed by atoms with Crippen LogP contribution in [0, 0.1) is 0 Å². The highest BCUT2D eigenvalue weighted by Crippen LogP contribution is 1.96. The van der Waals surface area contributed by atoms with Crippen LogP contribution in [0.5, 0.6) is 0 Å². The lowest BCUT2D eigenvalue weighted by Gasteiger charge is -1.91. The molecule has 0 radical (unpaired) electrons. The van der Waals surface area contributed by atoms with Crippen LogP contribution in [-0.2, 0) is 0 Å². The molecule has 1 heterocycles. The molecule has 1 rings (SSSR count). The predicted octanol–water partition coefficient (Wildman–Crippen LogP) is 0.492. The van der Waals surface area contributed by atoms with Crippen LogP contribution in [0.25, 0.3) is 0 Å². The Morgan fingerprint density at radius 3 is 3.00 bits per heavy atom. The van der Waals surface area contributed by atoms with Crippen molar-refractivity contribution in [2.45, 2.75) is 0 Å². The average Bonchev–Trinajstić information content (AvgIpc) is 1.88. The van der Waals surface area contributed by atoms with Crippen LogP contribution >= 0.6 is 16.1 Å². The maximum atomic E-state index is 10.4. The van der Waals surface area contributed by atoms with E-state index in [9.17, 15) is 4.79 Å². The minimum absolute atomic E-state index is 0.362. The van der Waals surface area contributed by atoms with Gasteiger partial charge in [-0.2, -0.15) is 0 Å². The van der Waals surface area contributed by atoms with E-state index in [0.717, 1.165) is 0 Å². The summed E-state index contributed by atoms with van der Waals surface area (Å²) in [5.74, 6) is 0.593. The Morgan fingerprint density at radius 2 is 2.56 bits per heavy atom. The van der Waals surface area contributed by atoms with Gasteiger partial charge in [0.25, 0.3) is 0 Å². The second-order valence-corrected chi connectivity index (χ2v) is 1.78. The average molecular weight is 190 g/mol. The first-order valence-corrected chi connectivity index (χ1v) is 3.04. The molecule has 0 aliphatic heterocycles. The maximum absolute atomic E-state index is 10.4. The normalized spacial score (nSPS) is 9.00. The molecule has 0 atom stereocenters. The number of hydrogen-bond acceptors (Lipinski definition) is 3. The van der Waals surface area contributed by atoms with Gasteiger partial charge in [-0.05, 0) is 6.07 Å². The Labute approximate surface area is 59.7 Å². The van der Waals surface area contributed by atoms with Gasteiger partial charge in [0.1, 0.15) is 5.82 Å².